The zero-order valence-electron chi connectivity index (χ0n) is 19.8. The monoisotopic (exact) mass is 517 g/mol. The SMILES string of the molecule is COc1cc([N+](=O)[O-])ccc1NC(=O)C1CC(=O)N/C(=N/N=C/c2cc(OC)c(OC)c(OC)c2)S1. The highest BCUT2D eigenvalue weighted by atomic mass is 32.2. The molecule has 0 saturated carbocycles. The first-order valence-corrected chi connectivity index (χ1v) is 11.2. The summed E-state index contributed by atoms with van der Waals surface area (Å²) in [6.45, 7) is 0. The molecule has 0 aromatic heterocycles. The highest BCUT2D eigenvalue weighted by Gasteiger charge is 2.31. The van der Waals surface area contributed by atoms with Crippen molar-refractivity contribution in [3.8, 4) is 23.0 Å². The summed E-state index contributed by atoms with van der Waals surface area (Å²) in [5, 5.41) is 23.5. The molecule has 1 saturated heterocycles. The van der Waals surface area contributed by atoms with Crippen LogP contribution >= 0.6 is 11.8 Å². The number of amides is 2. The molecule has 14 heteroatoms. The summed E-state index contributed by atoms with van der Waals surface area (Å²) < 4.78 is 21.0. The van der Waals surface area contributed by atoms with Gasteiger partial charge < -0.3 is 29.6 Å². The third kappa shape index (κ3) is 6.21. The number of amidine groups is 1. The molecule has 0 spiro atoms. The van der Waals surface area contributed by atoms with Crippen molar-refractivity contribution in [2.75, 3.05) is 33.8 Å². The molecule has 1 aliphatic rings. The lowest BCUT2D eigenvalue weighted by atomic mass is 10.2. The van der Waals surface area contributed by atoms with Gasteiger partial charge >= 0.3 is 0 Å². The normalized spacial score (nSPS) is 16.4. The lowest BCUT2D eigenvalue weighted by molar-refractivity contribution is -0.384. The summed E-state index contributed by atoms with van der Waals surface area (Å²) in [7, 11) is 5.80. The van der Waals surface area contributed by atoms with Crippen LogP contribution in [-0.2, 0) is 9.59 Å². The van der Waals surface area contributed by atoms with E-state index in [4.69, 9.17) is 18.9 Å². The Morgan fingerprint density at radius 2 is 1.78 bits per heavy atom. The number of anilines is 1. The standard InChI is InChI=1S/C22H23N5O8S/c1-32-15-9-13(27(30)31)5-6-14(15)24-21(29)18-10-19(28)25-22(36-18)26-23-11-12-7-16(33-2)20(35-4)17(8-12)34-3/h5-9,11,18H,10H2,1-4H3,(H,24,29)(H,25,26,28)/b23-11+. The number of benzene rings is 2. The van der Waals surface area contributed by atoms with Gasteiger partial charge in [0, 0.05) is 18.1 Å². The molecule has 2 N–H and O–H groups in total. The second kappa shape index (κ2) is 11.9. The fraction of sp³-hybridized carbons (Fsp3) is 0.273. The molecule has 2 amide bonds. The third-order valence-corrected chi connectivity index (χ3v) is 5.93. The molecule has 3 rings (SSSR count). The average Bonchev–Trinajstić information content (AvgIpc) is 2.87. The molecule has 1 unspecified atom stereocenters. The number of nitro benzene ring substituents is 1. The number of nitrogens with one attached hydrogen (secondary N) is 2. The zero-order chi connectivity index (χ0) is 26.2. The van der Waals surface area contributed by atoms with Crippen LogP contribution in [0.3, 0.4) is 0 Å². The van der Waals surface area contributed by atoms with Gasteiger partial charge in [-0.1, -0.05) is 11.8 Å². The summed E-state index contributed by atoms with van der Waals surface area (Å²) in [5.74, 6) is 0.507. The molecule has 2 aromatic rings. The predicted molar refractivity (Wildman–Crippen MR) is 134 cm³/mol. The molecular formula is C22H23N5O8S. The third-order valence-electron chi connectivity index (χ3n) is 4.86. The minimum absolute atomic E-state index is 0.0958. The molecular weight excluding hydrogens is 494 g/mol. The summed E-state index contributed by atoms with van der Waals surface area (Å²) >= 11 is 1.01. The number of carbonyl (C=O) groups excluding carboxylic acids is 2. The minimum Gasteiger partial charge on any atom is -0.494 e. The van der Waals surface area contributed by atoms with E-state index in [1.54, 1.807) is 12.1 Å². The van der Waals surface area contributed by atoms with Crippen LogP contribution in [0.4, 0.5) is 11.4 Å². The van der Waals surface area contributed by atoms with Crippen molar-refractivity contribution in [1.29, 1.82) is 0 Å². The van der Waals surface area contributed by atoms with Gasteiger partial charge in [-0.2, -0.15) is 5.10 Å². The summed E-state index contributed by atoms with van der Waals surface area (Å²) in [5.41, 5.74) is 0.648. The van der Waals surface area contributed by atoms with Crippen LogP contribution in [0.2, 0.25) is 0 Å². The number of non-ortho nitro benzene ring substituents is 1. The lowest BCUT2D eigenvalue weighted by Gasteiger charge is -2.22. The van der Waals surface area contributed by atoms with E-state index in [0.29, 0.717) is 22.8 Å². The van der Waals surface area contributed by atoms with Crippen LogP contribution in [0.15, 0.2) is 40.5 Å². The minimum atomic E-state index is -0.811. The van der Waals surface area contributed by atoms with Crippen molar-refractivity contribution in [2.24, 2.45) is 10.2 Å². The molecule has 0 bridgehead atoms. The molecule has 2 aromatic carbocycles. The van der Waals surface area contributed by atoms with Crippen LogP contribution in [-0.4, -0.2) is 61.8 Å². The number of methoxy groups -OCH3 is 4. The van der Waals surface area contributed by atoms with Crippen molar-refractivity contribution in [2.45, 2.75) is 11.7 Å². The summed E-state index contributed by atoms with van der Waals surface area (Å²) in [4.78, 5) is 35.4. The number of thioether (sulfide) groups is 1. The quantitative estimate of drug-likeness (QED) is 0.289. The second-order valence-corrected chi connectivity index (χ2v) is 8.29. The van der Waals surface area contributed by atoms with Crippen LogP contribution in [0.1, 0.15) is 12.0 Å². The highest BCUT2D eigenvalue weighted by molar-refractivity contribution is 8.15. The van der Waals surface area contributed by atoms with Gasteiger partial charge in [0.25, 0.3) is 5.69 Å². The van der Waals surface area contributed by atoms with Crippen molar-refractivity contribution in [3.63, 3.8) is 0 Å². The number of rotatable bonds is 9. The maximum Gasteiger partial charge on any atom is 0.273 e. The van der Waals surface area contributed by atoms with Gasteiger partial charge in [-0.25, -0.2) is 0 Å². The van der Waals surface area contributed by atoms with E-state index in [0.717, 1.165) is 11.8 Å². The molecule has 0 radical (unpaired) electrons. The van der Waals surface area contributed by atoms with Crippen LogP contribution in [0.25, 0.3) is 0 Å². The summed E-state index contributed by atoms with van der Waals surface area (Å²) in [6.07, 6.45) is 1.33. The first-order valence-electron chi connectivity index (χ1n) is 10.3. The first kappa shape index (κ1) is 26.3. The highest BCUT2D eigenvalue weighted by Crippen LogP contribution is 2.37. The number of nitrogens with zero attached hydrogens (tertiary/aromatic N) is 3. The number of ether oxygens (including phenoxy) is 4. The average molecular weight is 518 g/mol. The second-order valence-electron chi connectivity index (χ2n) is 7.10. The molecule has 1 fully saturated rings. The first-order chi connectivity index (χ1) is 17.3. The number of hydrogen-bond donors (Lipinski definition) is 2. The van der Waals surface area contributed by atoms with Gasteiger partial charge in [0.15, 0.2) is 16.7 Å². The van der Waals surface area contributed by atoms with Gasteiger partial charge in [0.1, 0.15) is 11.0 Å². The van der Waals surface area contributed by atoms with E-state index in [9.17, 15) is 19.7 Å². The van der Waals surface area contributed by atoms with Gasteiger partial charge in [-0.05, 0) is 18.2 Å². The maximum atomic E-state index is 12.8. The van der Waals surface area contributed by atoms with E-state index in [2.05, 4.69) is 20.8 Å². The Labute approximate surface area is 210 Å². The predicted octanol–water partition coefficient (Wildman–Crippen LogP) is 2.58. The van der Waals surface area contributed by atoms with Gasteiger partial charge in [-0.15, -0.1) is 5.10 Å². The molecule has 1 heterocycles. The van der Waals surface area contributed by atoms with Crippen molar-refractivity contribution < 1.29 is 33.5 Å². The van der Waals surface area contributed by atoms with E-state index >= 15 is 0 Å². The molecule has 190 valence electrons. The van der Waals surface area contributed by atoms with Crippen molar-refractivity contribution >= 4 is 46.3 Å². The molecule has 0 aliphatic carbocycles. The fourth-order valence-corrected chi connectivity index (χ4v) is 4.11. The Morgan fingerprint density at radius 1 is 1.11 bits per heavy atom. The van der Waals surface area contributed by atoms with E-state index < -0.39 is 22.0 Å². The summed E-state index contributed by atoms with van der Waals surface area (Å²) in [6, 6.07) is 7.14. The Hall–Kier alpha value is -4.33. The zero-order valence-corrected chi connectivity index (χ0v) is 20.6. The van der Waals surface area contributed by atoms with Crippen LogP contribution < -0.4 is 29.6 Å². The molecule has 36 heavy (non-hydrogen) atoms. The van der Waals surface area contributed by atoms with Gasteiger partial charge in [0.2, 0.25) is 17.6 Å². The molecule has 1 aliphatic heterocycles. The largest absolute Gasteiger partial charge is 0.494 e. The number of nitro groups is 1. The van der Waals surface area contributed by atoms with Crippen LogP contribution in [0.5, 0.6) is 23.0 Å². The van der Waals surface area contributed by atoms with E-state index in [1.807, 2.05) is 0 Å². The Morgan fingerprint density at radius 3 is 2.36 bits per heavy atom. The number of hydrogen-bond acceptors (Lipinski definition) is 11. The Bertz CT molecular complexity index is 1210. The van der Waals surface area contributed by atoms with Gasteiger partial charge in [0.05, 0.1) is 51.3 Å². The fourth-order valence-electron chi connectivity index (χ4n) is 3.17. The Kier molecular flexibility index (Phi) is 8.67. The molecule has 13 nitrogen and oxygen atoms in total. The van der Waals surface area contributed by atoms with E-state index in [1.165, 1.54) is 52.9 Å². The van der Waals surface area contributed by atoms with Crippen molar-refractivity contribution in [1.82, 2.24) is 5.32 Å². The maximum absolute atomic E-state index is 12.8. The Balaban J connectivity index is 1.74. The van der Waals surface area contributed by atoms with Crippen molar-refractivity contribution in [3.05, 3.63) is 46.0 Å². The number of carbonyl (C=O) groups is 2. The lowest BCUT2D eigenvalue weighted by Crippen LogP contribution is -2.41. The molecule has 1 atom stereocenters. The van der Waals surface area contributed by atoms with Crippen LogP contribution in [0, 0.1) is 10.1 Å². The topological polar surface area (TPSA) is 163 Å². The van der Waals surface area contributed by atoms with E-state index in [-0.39, 0.29) is 28.7 Å². The smallest absolute Gasteiger partial charge is 0.273 e. The van der Waals surface area contributed by atoms with Gasteiger partial charge in [-0.3, -0.25) is 19.7 Å².